The number of aliphatic hydroxyl groups is 1. The smallest absolute Gasteiger partial charge is 0.303 e. The van der Waals surface area contributed by atoms with Gasteiger partial charge in [-0.05, 0) is 98.2 Å². The van der Waals surface area contributed by atoms with Crippen LogP contribution in [0.15, 0.2) is 11.6 Å². The van der Waals surface area contributed by atoms with Gasteiger partial charge in [-0.25, -0.2) is 0 Å². The SMILES string of the molecule is C[C@H](CCC(=O)O)[C@H]1CC[C@H]2[C@@H]3CC=C4C[C@H](O)CC[C@]4(C)[C@H]3CC[C@]12C. The molecule has 0 aliphatic heterocycles. The van der Waals surface area contributed by atoms with Crippen molar-refractivity contribution in [1.82, 2.24) is 0 Å². The molecule has 0 radical (unpaired) electrons. The summed E-state index contributed by atoms with van der Waals surface area (Å²) in [4.78, 5) is 11.0. The summed E-state index contributed by atoms with van der Waals surface area (Å²) in [6.45, 7) is 7.33. The van der Waals surface area contributed by atoms with Gasteiger partial charge in [0, 0.05) is 6.42 Å². The summed E-state index contributed by atoms with van der Waals surface area (Å²) < 4.78 is 0. The number of rotatable bonds is 4. The molecule has 3 nitrogen and oxygen atoms in total. The molecule has 8 atom stereocenters. The number of hydrogen-bond acceptors (Lipinski definition) is 2. The van der Waals surface area contributed by atoms with Gasteiger partial charge < -0.3 is 10.2 Å². The third-order valence-corrected chi connectivity index (χ3v) is 9.65. The fraction of sp³-hybridized carbons (Fsp3) is 0.875. The molecule has 0 unspecified atom stereocenters. The first-order valence-corrected chi connectivity index (χ1v) is 11.3. The van der Waals surface area contributed by atoms with Gasteiger partial charge in [0.25, 0.3) is 0 Å². The summed E-state index contributed by atoms with van der Waals surface area (Å²) in [5, 5.41) is 19.2. The van der Waals surface area contributed by atoms with Crippen LogP contribution in [0.25, 0.3) is 0 Å². The molecule has 0 heterocycles. The molecule has 0 aromatic heterocycles. The number of carbonyl (C=O) groups is 1. The molecule has 0 saturated heterocycles. The van der Waals surface area contributed by atoms with Crippen LogP contribution in [0, 0.1) is 40.4 Å². The average molecular weight is 375 g/mol. The Hall–Kier alpha value is -0.830. The molecule has 0 aromatic carbocycles. The Bertz CT molecular complexity index is 625. The Morgan fingerprint density at radius 1 is 1.19 bits per heavy atom. The van der Waals surface area contributed by atoms with Crippen molar-refractivity contribution in [3.63, 3.8) is 0 Å². The van der Waals surface area contributed by atoms with Gasteiger partial charge in [-0.2, -0.15) is 0 Å². The second-order valence-corrected chi connectivity index (χ2v) is 10.8. The lowest BCUT2D eigenvalue weighted by molar-refractivity contribution is -0.137. The molecule has 2 N–H and O–H groups in total. The summed E-state index contributed by atoms with van der Waals surface area (Å²) in [7, 11) is 0. The van der Waals surface area contributed by atoms with Crippen LogP contribution in [-0.2, 0) is 4.79 Å². The molecule has 27 heavy (non-hydrogen) atoms. The van der Waals surface area contributed by atoms with Crippen molar-refractivity contribution in [3.8, 4) is 0 Å². The monoisotopic (exact) mass is 374 g/mol. The summed E-state index contributed by atoms with van der Waals surface area (Å²) in [5.41, 5.74) is 2.27. The molecule has 0 amide bonds. The molecule has 4 aliphatic carbocycles. The van der Waals surface area contributed by atoms with Crippen LogP contribution in [-0.4, -0.2) is 22.3 Å². The van der Waals surface area contributed by atoms with E-state index in [0.717, 1.165) is 43.4 Å². The fourth-order valence-corrected chi connectivity index (χ4v) is 8.17. The van der Waals surface area contributed by atoms with Crippen molar-refractivity contribution in [2.75, 3.05) is 0 Å². The Morgan fingerprint density at radius 2 is 1.96 bits per heavy atom. The number of carboxylic acids is 1. The zero-order chi connectivity index (χ0) is 19.4. The highest BCUT2D eigenvalue weighted by Gasteiger charge is 2.59. The molecular formula is C24H38O3. The van der Waals surface area contributed by atoms with E-state index >= 15 is 0 Å². The third kappa shape index (κ3) is 3.09. The van der Waals surface area contributed by atoms with E-state index in [9.17, 15) is 9.90 Å². The number of fused-ring (bicyclic) bond motifs is 5. The molecular weight excluding hydrogens is 336 g/mol. The van der Waals surface area contributed by atoms with Gasteiger partial charge in [0.15, 0.2) is 0 Å². The third-order valence-electron chi connectivity index (χ3n) is 9.65. The maximum atomic E-state index is 11.0. The average Bonchev–Trinajstić information content (AvgIpc) is 2.97. The van der Waals surface area contributed by atoms with Crippen LogP contribution in [0.1, 0.15) is 85.0 Å². The van der Waals surface area contributed by atoms with E-state index in [1.54, 1.807) is 5.57 Å². The van der Waals surface area contributed by atoms with Crippen molar-refractivity contribution in [1.29, 1.82) is 0 Å². The van der Waals surface area contributed by atoms with E-state index in [2.05, 4.69) is 26.8 Å². The van der Waals surface area contributed by atoms with Gasteiger partial charge in [0.05, 0.1) is 6.10 Å². The number of aliphatic hydroxyl groups excluding tert-OH is 1. The standard InChI is InChI=1S/C24H38O3/c1-15(4-9-22(26)27)19-7-8-20-18-6-5-16-14-17(25)10-12-23(16,2)21(18)11-13-24(19,20)3/h5,15,17-21,25H,4,6-14H2,1-3H3,(H,26,27)/t15-,17-,18+,19-,20+,21+,23+,24-/m1/s1. The van der Waals surface area contributed by atoms with E-state index in [0.29, 0.717) is 29.1 Å². The zero-order valence-corrected chi connectivity index (χ0v) is 17.4. The minimum atomic E-state index is -0.650. The van der Waals surface area contributed by atoms with Gasteiger partial charge in [0.1, 0.15) is 0 Å². The van der Waals surface area contributed by atoms with Crippen molar-refractivity contribution in [2.24, 2.45) is 40.4 Å². The van der Waals surface area contributed by atoms with Crippen LogP contribution in [0.2, 0.25) is 0 Å². The Morgan fingerprint density at radius 3 is 2.70 bits per heavy atom. The fourth-order valence-electron chi connectivity index (χ4n) is 8.17. The second kappa shape index (κ2) is 6.90. The molecule has 3 fully saturated rings. The van der Waals surface area contributed by atoms with Crippen LogP contribution in [0.5, 0.6) is 0 Å². The molecule has 0 aromatic rings. The van der Waals surface area contributed by atoms with E-state index in [1.165, 1.54) is 32.1 Å². The number of carboxylic acid groups (broad SMARTS) is 1. The van der Waals surface area contributed by atoms with Gasteiger partial charge in [-0.15, -0.1) is 0 Å². The molecule has 0 spiro atoms. The predicted molar refractivity (Wildman–Crippen MR) is 107 cm³/mol. The highest BCUT2D eigenvalue weighted by atomic mass is 16.4. The summed E-state index contributed by atoms with van der Waals surface area (Å²) in [5.74, 6) is 2.94. The Kier molecular flexibility index (Phi) is 4.98. The molecule has 0 bridgehead atoms. The van der Waals surface area contributed by atoms with Crippen LogP contribution >= 0.6 is 0 Å². The summed E-state index contributed by atoms with van der Waals surface area (Å²) in [6.07, 6.45) is 13.0. The van der Waals surface area contributed by atoms with Gasteiger partial charge >= 0.3 is 5.97 Å². The Labute approximate surface area is 164 Å². The van der Waals surface area contributed by atoms with Crippen molar-refractivity contribution in [2.45, 2.75) is 91.1 Å². The van der Waals surface area contributed by atoms with Crippen LogP contribution < -0.4 is 0 Å². The van der Waals surface area contributed by atoms with Crippen molar-refractivity contribution in [3.05, 3.63) is 11.6 Å². The number of allylic oxidation sites excluding steroid dienone is 1. The maximum Gasteiger partial charge on any atom is 0.303 e. The molecule has 3 saturated carbocycles. The molecule has 3 heteroatoms. The first-order chi connectivity index (χ1) is 12.8. The second-order valence-electron chi connectivity index (χ2n) is 10.8. The molecule has 4 rings (SSSR count). The normalized spacial score (nSPS) is 47.4. The number of hydrogen-bond donors (Lipinski definition) is 2. The Balaban J connectivity index is 1.54. The maximum absolute atomic E-state index is 11.0. The van der Waals surface area contributed by atoms with Gasteiger partial charge in [-0.3, -0.25) is 4.79 Å². The minimum absolute atomic E-state index is 0.124. The van der Waals surface area contributed by atoms with Crippen LogP contribution in [0.3, 0.4) is 0 Å². The highest BCUT2D eigenvalue weighted by molar-refractivity contribution is 5.66. The lowest BCUT2D eigenvalue weighted by atomic mass is 9.47. The zero-order valence-electron chi connectivity index (χ0n) is 17.4. The predicted octanol–water partition coefficient (Wildman–Crippen LogP) is 5.43. The molecule has 152 valence electrons. The lowest BCUT2D eigenvalue weighted by Gasteiger charge is -2.58. The summed E-state index contributed by atoms with van der Waals surface area (Å²) >= 11 is 0. The first-order valence-electron chi connectivity index (χ1n) is 11.3. The van der Waals surface area contributed by atoms with E-state index < -0.39 is 5.97 Å². The van der Waals surface area contributed by atoms with E-state index in [1.807, 2.05) is 0 Å². The van der Waals surface area contributed by atoms with Crippen molar-refractivity contribution >= 4 is 5.97 Å². The van der Waals surface area contributed by atoms with Crippen LogP contribution in [0.4, 0.5) is 0 Å². The van der Waals surface area contributed by atoms with Gasteiger partial charge in [-0.1, -0.05) is 32.4 Å². The lowest BCUT2D eigenvalue weighted by Crippen LogP contribution is -2.50. The first kappa shape index (κ1) is 19.5. The van der Waals surface area contributed by atoms with Gasteiger partial charge in [0.2, 0.25) is 0 Å². The number of aliphatic carboxylic acids is 1. The largest absolute Gasteiger partial charge is 0.481 e. The molecule has 4 aliphatic rings. The summed E-state index contributed by atoms with van der Waals surface area (Å²) in [6, 6.07) is 0. The quantitative estimate of drug-likeness (QED) is 0.645. The van der Waals surface area contributed by atoms with E-state index in [-0.39, 0.29) is 6.10 Å². The van der Waals surface area contributed by atoms with E-state index in [4.69, 9.17) is 5.11 Å². The highest BCUT2D eigenvalue weighted by Crippen LogP contribution is 2.67. The topological polar surface area (TPSA) is 57.5 Å². The van der Waals surface area contributed by atoms with Crippen molar-refractivity contribution < 1.29 is 15.0 Å². The minimum Gasteiger partial charge on any atom is -0.481 e.